The van der Waals surface area contributed by atoms with Crippen molar-refractivity contribution in [2.45, 2.75) is 44.2 Å². The maximum atomic E-state index is 13.6. The van der Waals surface area contributed by atoms with E-state index in [0.717, 1.165) is 59.8 Å². The van der Waals surface area contributed by atoms with E-state index in [1.165, 1.54) is 0 Å². The third-order valence-electron chi connectivity index (χ3n) is 6.01. The summed E-state index contributed by atoms with van der Waals surface area (Å²) in [6.45, 7) is 0. The molecule has 6 nitrogen and oxygen atoms in total. The molecule has 1 saturated carbocycles. The molecule has 2 aliphatic carbocycles. The number of ether oxygens (including phenoxy) is 1. The van der Waals surface area contributed by atoms with Gasteiger partial charge < -0.3 is 14.2 Å². The fraction of sp³-hybridized carbons (Fsp3) is 0.409. The second-order valence-corrected chi connectivity index (χ2v) is 7.83. The predicted molar refractivity (Wildman–Crippen MR) is 107 cm³/mol. The first-order valence-electron chi connectivity index (χ1n) is 9.91. The highest BCUT2D eigenvalue weighted by atomic mass is 16.5. The summed E-state index contributed by atoms with van der Waals surface area (Å²) in [6.07, 6.45) is 8.67. The minimum Gasteiger partial charge on any atom is -0.467 e. The standard InChI is InChI=1S/C22H24N4O2/c1-25-11-10-17-18(4-3-5-20(17)25)21(27)26(15-6-7-15)16-8-9-19-14(12-16)13-23-22(24-19)28-2/h3-5,10-11,13,15-16H,6-9,12H2,1-2H3. The van der Waals surface area contributed by atoms with E-state index in [4.69, 9.17) is 4.74 Å². The molecule has 0 saturated heterocycles. The SMILES string of the molecule is COc1ncc2c(n1)CCC(N(C(=O)c1cccc3c1ccn3C)C1CC1)C2. The van der Waals surface area contributed by atoms with Crippen molar-refractivity contribution in [3.63, 3.8) is 0 Å². The minimum absolute atomic E-state index is 0.155. The summed E-state index contributed by atoms with van der Waals surface area (Å²) in [5, 5.41) is 1.03. The Morgan fingerprint density at radius 2 is 2.07 bits per heavy atom. The molecule has 1 amide bonds. The lowest BCUT2D eigenvalue weighted by atomic mass is 9.91. The fourth-order valence-corrected chi connectivity index (χ4v) is 4.42. The van der Waals surface area contributed by atoms with Crippen molar-refractivity contribution in [1.29, 1.82) is 0 Å². The number of amides is 1. The summed E-state index contributed by atoms with van der Waals surface area (Å²) in [5.41, 5.74) is 4.09. The summed E-state index contributed by atoms with van der Waals surface area (Å²) in [4.78, 5) is 24.5. The highest BCUT2D eigenvalue weighted by molar-refractivity contribution is 6.06. The van der Waals surface area contributed by atoms with E-state index in [2.05, 4.69) is 25.5 Å². The molecule has 1 aromatic carbocycles. The van der Waals surface area contributed by atoms with Gasteiger partial charge in [-0.2, -0.15) is 4.98 Å². The van der Waals surface area contributed by atoms with Crippen LogP contribution >= 0.6 is 0 Å². The summed E-state index contributed by atoms with van der Waals surface area (Å²) < 4.78 is 7.22. The maximum absolute atomic E-state index is 13.6. The average molecular weight is 376 g/mol. The van der Waals surface area contributed by atoms with E-state index in [1.807, 2.05) is 37.6 Å². The predicted octanol–water partition coefficient (Wildman–Crippen LogP) is 3.14. The van der Waals surface area contributed by atoms with Crippen molar-refractivity contribution in [2.75, 3.05) is 7.11 Å². The average Bonchev–Trinajstić information content (AvgIpc) is 3.49. The third-order valence-corrected chi connectivity index (χ3v) is 6.01. The highest BCUT2D eigenvalue weighted by Crippen LogP contribution is 2.35. The van der Waals surface area contributed by atoms with Crippen LogP contribution in [0.3, 0.4) is 0 Å². The summed E-state index contributed by atoms with van der Waals surface area (Å²) in [7, 11) is 3.60. The number of benzene rings is 1. The zero-order chi connectivity index (χ0) is 19.3. The van der Waals surface area contributed by atoms with Crippen molar-refractivity contribution in [3.8, 4) is 6.01 Å². The molecule has 0 spiro atoms. The molecule has 28 heavy (non-hydrogen) atoms. The lowest BCUT2D eigenvalue weighted by molar-refractivity contribution is 0.0644. The molecule has 0 N–H and O–H groups in total. The smallest absolute Gasteiger partial charge is 0.316 e. The molecule has 1 fully saturated rings. The number of aromatic nitrogens is 3. The van der Waals surface area contributed by atoms with E-state index in [0.29, 0.717) is 12.1 Å². The number of hydrogen-bond acceptors (Lipinski definition) is 4. The van der Waals surface area contributed by atoms with Crippen LogP contribution < -0.4 is 4.74 Å². The van der Waals surface area contributed by atoms with Crippen LogP contribution in [-0.2, 0) is 19.9 Å². The van der Waals surface area contributed by atoms with Crippen LogP contribution in [0.5, 0.6) is 6.01 Å². The first-order valence-corrected chi connectivity index (χ1v) is 9.91. The van der Waals surface area contributed by atoms with Gasteiger partial charge in [0.2, 0.25) is 0 Å². The second-order valence-electron chi connectivity index (χ2n) is 7.83. The lowest BCUT2D eigenvalue weighted by Gasteiger charge is -2.35. The van der Waals surface area contributed by atoms with Gasteiger partial charge in [0.15, 0.2) is 0 Å². The molecule has 1 atom stereocenters. The molecule has 2 aliphatic rings. The maximum Gasteiger partial charge on any atom is 0.316 e. The van der Waals surface area contributed by atoms with Crippen LogP contribution in [-0.4, -0.2) is 44.5 Å². The lowest BCUT2D eigenvalue weighted by Crippen LogP contribution is -2.45. The van der Waals surface area contributed by atoms with Crippen LogP contribution in [0.25, 0.3) is 10.9 Å². The van der Waals surface area contributed by atoms with Crippen LogP contribution in [0.1, 0.15) is 40.9 Å². The summed E-state index contributed by atoms with van der Waals surface area (Å²) >= 11 is 0. The van der Waals surface area contributed by atoms with Gasteiger partial charge in [0, 0.05) is 48.0 Å². The number of carbonyl (C=O) groups excluding carboxylic acids is 1. The van der Waals surface area contributed by atoms with E-state index in [1.54, 1.807) is 7.11 Å². The monoisotopic (exact) mass is 376 g/mol. The van der Waals surface area contributed by atoms with E-state index >= 15 is 0 Å². The topological polar surface area (TPSA) is 60.3 Å². The Morgan fingerprint density at radius 3 is 2.86 bits per heavy atom. The number of rotatable bonds is 4. The molecule has 0 bridgehead atoms. The van der Waals surface area contributed by atoms with Crippen LogP contribution in [0.2, 0.25) is 0 Å². The van der Waals surface area contributed by atoms with Crippen molar-refractivity contribution < 1.29 is 9.53 Å². The van der Waals surface area contributed by atoms with Gasteiger partial charge in [-0.05, 0) is 55.9 Å². The zero-order valence-electron chi connectivity index (χ0n) is 16.3. The Hall–Kier alpha value is -2.89. The molecule has 2 aromatic heterocycles. The molecular formula is C22H24N4O2. The van der Waals surface area contributed by atoms with Crippen LogP contribution in [0.15, 0.2) is 36.7 Å². The molecule has 5 rings (SSSR count). The van der Waals surface area contributed by atoms with Crippen molar-refractivity contribution >= 4 is 16.8 Å². The molecular weight excluding hydrogens is 352 g/mol. The molecule has 0 radical (unpaired) electrons. The van der Waals surface area contributed by atoms with E-state index < -0.39 is 0 Å². The Bertz CT molecular complexity index is 1050. The molecule has 6 heteroatoms. The summed E-state index contributed by atoms with van der Waals surface area (Å²) in [5.74, 6) is 0.155. The zero-order valence-corrected chi connectivity index (χ0v) is 16.3. The van der Waals surface area contributed by atoms with Gasteiger partial charge in [-0.15, -0.1) is 0 Å². The third kappa shape index (κ3) is 2.84. The molecule has 0 aliphatic heterocycles. The van der Waals surface area contributed by atoms with E-state index in [-0.39, 0.29) is 11.9 Å². The Labute approximate surface area is 164 Å². The highest BCUT2D eigenvalue weighted by Gasteiger charge is 2.39. The normalized spacial score (nSPS) is 18.7. The Morgan fingerprint density at radius 1 is 1.21 bits per heavy atom. The number of aryl methyl sites for hydroxylation is 2. The van der Waals surface area contributed by atoms with Gasteiger partial charge in [-0.25, -0.2) is 4.98 Å². The van der Waals surface area contributed by atoms with Crippen LogP contribution in [0.4, 0.5) is 0 Å². The molecule has 144 valence electrons. The molecule has 1 unspecified atom stereocenters. The minimum atomic E-state index is 0.155. The van der Waals surface area contributed by atoms with Crippen LogP contribution in [0, 0.1) is 0 Å². The van der Waals surface area contributed by atoms with Crippen molar-refractivity contribution in [1.82, 2.24) is 19.4 Å². The number of methoxy groups -OCH3 is 1. The Balaban J connectivity index is 1.47. The van der Waals surface area contributed by atoms with Gasteiger partial charge in [-0.3, -0.25) is 4.79 Å². The first-order chi connectivity index (χ1) is 13.7. The molecule has 2 heterocycles. The number of hydrogen-bond donors (Lipinski definition) is 0. The van der Waals surface area contributed by atoms with Crippen molar-refractivity contribution in [2.24, 2.45) is 7.05 Å². The van der Waals surface area contributed by atoms with Gasteiger partial charge in [0.05, 0.1) is 12.8 Å². The number of fused-ring (bicyclic) bond motifs is 2. The van der Waals surface area contributed by atoms with Gasteiger partial charge in [0.1, 0.15) is 0 Å². The quantitative estimate of drug-likeness (QED) is 0.702. The molecule has 3 aromatic rings. The van der Waals surface area contributed by atoms with E-state index in [9.17, 15) is 4.79 Å². The summed E-state index contributed by atoms with van der Waals surface area (Å²) in [6, 6.07) is 9.03. The van der Waals surface area contributed by atoms with Gasteiger partial charge in [-0.1, -0.05) is 6.07 Å². The Kier molecular flexibility index (Phi) is 4.07. The second kappa shape index (κ2) is 6.62. The fourth-order valence-electron chi connectivity index (χ4n) is 4.42. The first kappa shape index (κ1) is 17.2. The number of carbonyl (C=O) groups is 1. The van der Waals surface area contributed by atoms with Gasteiger partial charge in [0.25, 0.3) is 5.91 Å². The van der Waals surface area contributed by atoms with Crippen molar-refractivity contribution in [3.05, 3.63) is 53.5 Å². The van der Waals surface area contributed by atoms with Gasteiger partial charge >= 0.3 is 6.01 Å². The largest absolute Gasteiger partial charge is 0.467 e. The number of nitrogens with zero attached hydrogens (tertiary/aromatic N) is 4.